The van der Waals surface area contributed by atoms with Crippen LogP contribution in [0.1, 0.15) is 39.5 Å². The largest absolute Gasteiger partial charge is 0.358 e. The predicted molar refractivity (Wildman–Crippen MR) is 127 cm³/mol. The third kappa shape index (κ3) is 9.37. The molecule has 0 fully saturated rings. The van der Waals surface area contributed by atoms with Crippen molar-refractivity contribution in [2.24, 2.45) is 0 Å². The summed E-state index contributed by atoms with van der Waals surface area (Å²) in [7, 11) is 0. The molecule has 0 radical (unpaired) electrons. The maximum atomic E-state index is 4.80. The van der Waals surface area contributed by atoms with Crippen molar-refractivity contribution >= 4 is 38.9 Å². The smallest absolute Gasteiger partial charge is 0.358 e. The van der Waals surface area contributed by atoms with Crippen molar-refractivity contribution in [2.45, 2.75) is 39.5 Å². The monoisotopic (exact) mass is 618 g/mol. The van der Waals surface area contributed by atoms with E-state index < -0.39 is 0 Å². The van der Waals surface area contributed by atoms with E-state index in [1.165, 1.54) is 25.7 Å². The Morgan fingerprint density at radius 2 is 1.28 bits per heavy atom. The molecule has 0 spiro atoms. The normalized spacial score (nSPS) is 14.6. The number of nitrogens with zero attached hydrogens (tertiary/aromatic N) is 5. The average molecular weight is 619 g/mol. The van der Waals surface area contributed by atoms with Gasteiger partial charge in [-0.1, -0.05) is 32.8 Å². The molecule has 0 saturated carbocycles. The molecule has 168 valence electrons. The van der Waals surface area contributed by atoms with Crippen LogP contribution < -0.4 is 9.80 Å². The summed E-state index contributed by atoms with van der Waals surface area (Å²) in [6.45, 7) is 10.8. The molecule has 0 amide bonds. The zero-order chi connectivity index (χ0) is 19.5. The summed E-state index contributed by atoms with van der Waals surface area (Å²) in [6, 6.07) is 6.15. The Balaban J connectivity index is 0.00000148. The van der Waals surface area contributed by atoms with Gasteiger partial charge in [0.25, 0.3) is 0 Å². The summed E-state index contributed by atoms with van der Waals surface area (Å²) in [5, 5.41) is 0. The van der Waals surface area contributed by atoms with Crippen LogP contribution in [0.15, 0.2) is 43.0 Å². The fourth-order valence-corrected chi connectivity index (χ4v) is 2.71. The Kier molecular flexibility index (Phi) is 15.8. The molecule has 0 bridgehead atoms. The molecule has 2 aliphatic rings. The zero-order valence-electron chi connectivity index (χ0n) is 17.3. The first-order valence-corrected chi connectivity index (χ1v) is 17.1. The molecule has 2 aliphatic heterocycles. The molecular formula is C20H32Br2N5ORu-3. The van der Waals surface area contributed by atoms with Crippen LogP contribution in [-0.4, -0.2) is 33.3 Å². The zero-order valence-corrected chi connectivity index (χ0v) is 22.2. The summed E-state index contributed by atoms with van der Waals surface area (Å²) in [6.07, 6.45) is 13.2. The van der Waals surface area contributed by atoms with Crippen LogP contribution in [0.3, 0.4) is 0 Å². The predicted octanol–water partition coefficient (Wildman–Crippen LogP) is 5.42. The Morgan fingerprint density at radius 1 is 0.862 bits per heavy atom. The summed E-state index contributed by atoms with van der Waals surface area (Å²) in [5.74, 6) is 1.88. The van der Waals surface area contributed by atoms with Crippen molar-refractivity contribution in [1.29, 1.82) is 0 Å². The first-order valence-electron chi connectivity index (χ1n) is 9.18. The number of rotatable bonds is 8. The van der Waals surface area contributed by atoms with Gasteiger partial charge in [0, 0.05) is 0 Å². The Hall–Kier alpha value is -0.627. The second kappa shape index (κ2) is 16.1. The van der Waals surface area contributed by atoms with E-state index >= 15 is 0 Å². The third-order valence-corrected chi connectivity index (χ3v) is 4.17. The van der Waals surface area contributed by atoms with Crippen LogP contribution in [0.25, 0.3) is 0 Å². The Labute approximate surface area is 197 Å². The maximum Gasteiger partial charge on any atom is -0.358 e. The van der Waals surface area contributed by atoms with Gasteiger partial charge in [0.15, 0.2) is 0 Å². The Morgan fingerprint density at radius 3 is 1.66 bits per heavy atom. The fraction of sp³-hybridized carbons (Fsp3) is 0.400. The van der Waals surface area contributed by atoms with Crippen molar-refractivity contribution in [3.63, 3.8) is 0 Å². The van der Waals surface area contributed by atoms with Gasteiger partial charge in [0.05, 0.1) is 0 Å². The van der Waals surface area contributed by atoms with E-state index in [4.69, 9.17) is 4.98 Å². The van der Waals surface area contributed by atoms with Crippen molar-refractivity contribution < 1.29 is 18.7 Å². The number of aromatic nitrogens is 1. The van der Waals surface area contributed by atoms with Gasteiger partial charge in [-0.2, -0.15) is 0 Å². The second-order valence-corrected chi connectivity index (χ2v) is 14.2. The number of unbranched alkanes of at least 4 members (excludes halogenated alkanes) is 2. The van der Waals surface area contributed by atoms with Crippen LogP contribution >= 0.6 is 27.2 Å². The van der Waals surface area contributed by atoms with Gasteiger partial charge in [-0.25, -0.2) is 4.98 Å². The van der Waals surface area contributed by atoms with E-state index in [1.54, 1.807) is 0 Å². The molecule has 0 unspecified atom stereocenters. The fourth-order valence-electron chi connectivity index (χ4n) is 2.71. The molecule has 0 aliphatic carbocycles. The van der Waals surface area contributed by atoms with Crippen LogP contribution in [-0.2, 0) is 13.2 Å². The van der Waals surface area contributed by atoms with E-state index in [0.29, 0.717) is 13.2 Å². The van der Waals surface area contributed by atoms with E-state index in [1.807, 2.05) is 12.1 Å². The van der Waals surface area contributed by atoms with Crippen LogP contribution in [0.2, 0.25) is 0 Å². The minimum atomic E-state index is 0. The molecule has 0 aromatic carbocycles. The molecule has 29 heavy (non-hydrogen) atoms. The van der Waals surface area contributed by atoms with Gasteiger partial charge >= 0.3 is 40.5 Å². The number of halogens is 2. The number of pyridine rings is 1. The summed E-state index contributed by atoms with van der Waals surface area (Å²) in [4.78, 5) is 13.4. The molecule has 6 nitrogen and oxygen atoms in total. The van der Waals surface area contributed by atoms with E-state index in [9.17, 15) is 0 Å². The van der Waals surface area contributed by atoms with E-state index in [2.05, 4.69) is 105 Å². The summed E-state index contributed by atoms with van der Waals surface area (Å²) in [5.41, 5.74) is 0. The van der Waals surface area contributed by atoms with Crippen molar-refractivity contribution in [2.75, 3.05) is 22.9 Å². The van der Waals surface area contributed by atoms with Gasteiger partial charge in [-0.15, -0.1) is 13.3 Å². The molecule has 1 aromatic rings. The molecule has 0 atom stereocenters. The van der Waals surface area contributed by atoms with Crippen molar-refractivity contribution in [3.8, 4) is 0 Å². The van der Waals surface area contributed by atoms with Crippen LogP contribution in [0, 0.1) is 20.8 Å². The first kappa shape index (κ1) is 28.4. The molecule has 0 saturated heterocycles. The minimum Gasteiger partial charge on any atom is -0.358 e. The van der Waals surface area contributed by atoms with Crippen LogP contribution in [0.4, 0.5) is 11.6 Å². The van der Waals surface area contributed by atoms with Gasteiger partial charge in [0.2, 0.25) is 0 Å². The maximum absolute atomic E-state index is 4.80. The molecule has 2 N–H and O–H groups in total. The molecular weight excluding hydrogens is 587 g/mol. The van der Waals surface area contributed by atoms with Crippen molar-refractivity contribution in [1.82, 2.24) is 14.8 Å². The number of anilines is 2. The van der Waals surface area contributed by atoms with Gasteiger partial charge in [0.1, 0.15) is 11.6 Å². The minimum absolute atomic E-state index is 0. The van der Waals surface area contributed by atoms with Crippen LogP contribution in [0.5, 0.6) is 0 Å². The van der Waals surface area contributed by atoms with Gasteiger partial charge < -0.3 is 32.5 Å². The van der Waals surface area contributed by atoms with E-state index in [-0.39, 0.29) is 12.9 Å². The topological polar surface area (TPSA) is 57.4 Å². The number of hydrogen-bond acceptors (Lipinski definition) is 5. The number of hydrogen-bond donors (Lipinski definition) is 0. The van der Waals surface area contributed by atoms with Crippen molar-refractivity contribution in [3.05, 3.63) is 63.8 Å². The van der Waals surface area contributed by atoms with E-state index in [0.717, 1.165) is 24.7 Å². The molecule has 3 rings (SSSR count). The third-order valence-electron chi connectivity index (χ3n) is 4.17. The van der Waals surface area contributed by atoms with Gasteiger partial charge in [-0.05, 0) is 62.9 Å². The molecule has 9 heteroatoms. The quantitative estimate of drug-likeness (QED) is 0.288. The standard InChI is InChI=1S/C19H27N5.CH3.2BrH.H2O.Ru/c1-3-5-10-21-12-14-23(16-21)18-8-7-9-19(20-18)24-15-13-22(17-24)11-6-4-2;;;;;/h7-9,12-17H,3-6,10-11H2,1-2H3;1H3;2*1H;1H2;/q-2;-1;;;;+2/p-2. The molecule has 3 heterocycles. The SMILES string of the molecule is CCCCN1C=CN(c2cccc(N3C=CN(CCCC)[CH-]3)n2)[CH-]1.O.[Br][Ru][Br].[CH3-]. The summed E-state index contributed by atoms with van der Waals surface area (Å²) < 4.78 is 0. The second-order valence-electron chi connectivity index (χ2n) is 6.23. The molecule has 1 aromatic heterocycles. The summed E-state index contributed by atoms with van der Waals surface area (Å²) >= 11 is 6.64. The Bertz CT molecular complexity index is 573. The van der Waals surface area contributed by atoms with Gasteiger partial charge in [-0.3, -0.25) is 0 Å². The first-order chi connectivity index (χ1) is 13.2. The average Bonchev–Trinajstić information content (AvgIpc) is 3.35.